The smallest absolute Gasteiger partial charge is 0.303 e. The Balaban J connectivity index is -0.0000000240. The monoisotopic (exact) mass is 750 g/mol. The maximum atomic E-state index is 9.64. The average Bonchev–Trinajstić information content (AvgIpc) is 2.42. The van der Waals surface area contributed by atoms with Crippen molar-refractivity contribution in [2.75, 3.05) is 0 Å². The molecule has 0 fully saturated rings. The molecule has 0 aliphatic rings. The van der Waals surface area contributed by atoms with Crippen molar-refractivity contribution in [3.63, 3.8) is 0 Å². The molecule has 0 saturated carbocycles. The molecule has 0 amide bonds. The molecule has 0 rings (SSSR count). The molecule has 16 N–H and O–H groups in total. The van der Waals surface area contributed by atoms with Gasteiger partial charge in [-0.05, 0) is 0 Å². The molecular weight excluding hydrogens is 720 g/mol. The summed E-state index contributed by atoms with van der Waals surface area (Å²) in [7, 11) is 0. The van der Waals surface area contributed by atoms with Gasteiger partial charge in [0.1, 0.15) is 0 Å². The molecule has 0 saturated heterocycles. The topological polar surface area (TPSA) is 381 Å². The minimum absolute atomic E-state index is 0. The molecular formula is C12H28Eu2O17. The Hall–Kier alpha value is -0.211. The number of hydrogen-bond acceptors (Lipinski definition) is 6. The third-order valence-corrected chi connectivity index (χ3v) is 1.66. The first kappa shape index (κ1) is 63.2. The van der Waals surface area contributed by atoms with Gasteiger partial charge >= 0.3 is 35.8 Å². The van der Waals surface area contributed by atoms with Crippen LogP contribution in [-0.4, -0.2) is 93.8 Å². The van der Waals surface area contributed by atoms with Crippen molar-refractivity contribution in [2.24, 2.45) is 0 Å². The quantitative estimate of drug-likeness (QED) is 0.130. The van der Waals surface area contributed by atoms with Crippen molar-refractivity contribution < 1.29 is 186 Å². The van der Waals surface area contributed by atoms with Crippen molar-refractivity contribution in [3.8, 4) is 0 Å². The predicted molar refractivity (Wildman–Crippen MR) is 91.6 cm³/mol. The third-order valence-electron chi connectivity index (χ3n) is 1.66. The summed E-state index contributed by atoms with van der Waals surface area (Å²) in [4.78, 5) is 57.8. The number of carboxylic acid groups (broad SMARTS) is 6. The Morgan fingerprint density at radius 2 is 0.387 bits per heavy atom. The maximum Gasteiger partial charge on any atom is 0.303 e. The fraction of sp³-hybridized carbons (Fsp3) is 0.500. The second-order valence-corrected chi connectivity index (χ2v) is 3.86. The van der Waals surface area contributed by atoms with Gasteiger partial charge in [-0.1, -0.05) is 0 Å². The zero-order valence-electron chi connectivity index (χ0n) is 15.6. The van der Waals surface area contributed by atoms with E-state index >= 15 is 0 Å². The first-order chi connectivity index (χ1) is 10.9. The summed E-state index contributed by atoms with van der Waals surface area (Å²) in [5.74, 6) is -6.46. The van der Waals surface area contributed by atoms with E-state index < -0.39 is 35.8 Å². The molecule has 0 spiro atoms. The summed E-state index contributed by atoms with van der Waals surface area (Å²) >= 11 is 0. The van der Waals surface area contributed by atoms with Crippen LogP contribution in [0.4, 0.5) is 0 Å². The fourth-order valence-electron chi connectivity index (χ4n) is 0.642. The molecule has 0 aromatic rings. The Kier molecular flexibility index (Phi) is 89.0. The Morgan fingerprint density at radius 1 is 0.323 bits per heavy atom. The van der Waals surface area contributed by atoms with Gasteiger partial charge in [0.05, 0.1) is 38.5 Å². The average molecular weight is 748 g/mol. The molecule has 0 aliphatic carbocycles. The van der Waals surface area contributed by atoms with Crippen LogP contribution in [-0.2, 0) is 28.8 Å². The van der Waals surface area contributed by atoms with Gasteiger partial charge in [-0.3, -0.25) is 28.8 Å². The van der Waals surface area contributed by atoms with Gasteiger partial charge < -0.3 is 58.0 Å². The molecule has 0 unspecified atom stereocenters. The van der Waals surface area contributed by atoms with Crippen LogP contribution in [0.25, 0.3) is 0 Å². The van der Waals surface area contributed by atoms with Crippen LogP contribution in [0.5, 0.6) is 0 Å². The van der Waals surface area contributed by atoms with E-state index in [9.17, 15) is 28.8 Å². The predicted octanol–water partition coefficient (Wildman–Crippen LogP) is -4.32. The van der Waals surface area contributed by atoms with Gasteiger partial charge in [-0.25, -0.2) is 0 Å². The Morgan fingerprint density at radius 3 is 0.419 bits per heavy atom. The summed E-state index contributed by atoms with van der Waals surface area (Å²) in [5, 5.41) is 47.4. The molecule has 0 bridgehead atoms. The molecule has 31 heavy (non-hydrogen) atoms. The zero-order chi connectivity index (χ0) is 19.7. The molecule has 0 aliphatic heterocycles. The van der Waals surface area contributed by atoms with Gasteiger partial charge in [-0.15, -0.1) is 0 Å². The van der Waals surface area contributed by atoms with E-state index in [-0.39, 0.29) is 165 Å². The molecule has 192 valence electrons. The maximum absolute atomic E-state index is 9.64. The van der Waals surface area contributed by atoms with Crippen LogP contribution in [0.15, 0.2) is 0 Å². The first-order valence-electron chi connectivity index (χ1n) is 6.19. The third kappa shape index (κ3) is 105. The van der Waals surface area contributed by atoms with Crippen LogP contribution in [0.1, 0.15) is 38.5 Å². The molecule has 0 aromatic heterocycles. The SMILES string of the molecule is O.O.O.O.O.O=C(O)CCC(=O)O.O=C(O)CCC(=O)O.O=C(O)CCC(=O)O.[Eu].[Eu]. The van der Waals surface area contributed by atoms with Gasteiger partial charge in [0.2, 0.25) is 0 Å². The van der Waals surface area contributed by atoms with Gasteiger partial charge in [0.25, 0.3) is 0 Å². The van der Waals surface area contributed by atoms with E-state index in [0.29, 0.717) is 0 Å². The van der Waals surface area contributed by atoms with Crippen molar-refractivity contribution in [2.45, 2.75) is 38.5 Å². The summed E-state index contributed by atoms with van der Waals surface area (Å²) in [6.45, 7) is 0. The summed E-state index contributed by atoms with van der Waals surface area (Å²) in [6, 6.07) is 0. The van der Waals surface area contributed by atoms with E-state index in [1.54, 1.807) is 0 Å². The van der Waals surface area contributed by atoms with Gasteiger partial charge in [0.15, 0.2) is 0 Å². The minimum Gasteiger partial charge on any atom is -0.481 e. The van der Waals surface area contributed by atoms with Gasteiger partial charge in [-0.2, -0.15) is 0 Å². The minimum atomic E-state index is -1.08. The second-order valence-electron chi connectivity index (χ2n) is 3.86. The normalized spacial score (nSPS) is 6.58. The number of hydrogen-bond donors (Lipinski definition) is 6. The molecule has 0 heterocycles. The van der Waals surface area contributed by atoms with E-state index in [1.807, 2.05) is 0 Å². The first-order valence-corrected chi connectivity index (χ1v) is 6.19. The van der Waals surface area contributed by atoms with E-state index in [2.05, 4.69) is 0 Å². The van der Waals surface area contributed by atoms with Crippen LogP contribution in [0, 0.1) is 98.8 Å². The van der Waals surface area contributed by atoms with Crippen molar-refractivity contribution in [3.05, 3.63) is 0 Å². The largest absolute Gasteiger partial charge is 0.481 e. The van der Waals surface area contributed by atoms with Crippen LogP contribution >= 0.6 is 0 Å². The summed E-state index contributed by atoms with van der Waals surface area (Å²) < 4.78 is 0. The molecule has 19 heteroatoms. The fourth-order valence-corrected chi connectivity index (χ4v) is 0.642. The molecule has 0 atom stereocenters. The van der Waals surface area contributed by atoms with Crippen LogP contribution in [0.3, 0.4) is 0 Å². The van der Waals surface area contributed by atoms with E-state index in [0.717, 1.165) is 0 Å². The summed E-state index contributed by atoms with van der Waals surface area (Å²) in [6.07, 6.45) is -1.78. The van der Waals surface area contributed by atoms with Crippen LogP contribution < -0.4 is 0 Å². The Labute approximate surface area is 256 Å². The summed E-state index contributed by atoms with van der Waals surface area (Å²) in [5.41, 5.74) is 0. The van der Waals surface area contributed by atoms with Gasteiger partial charge in [0, 0.05) is 98.8 Å². The number of rotatable bonds is 9. The molecule has 2 radical (unpaired) electrons. The van der Waals surface area contributed by atoms with Crippen molar-refractivity contribution in [1.82, 2.24) is 0 Å². The number of carbonyl (C=O) groups is 6. The number of aliphatic carboxylic acids is 6. The van der Waals surface area contributed by atoms with Crippen molar-refractivity contribution >= 4 is 35.8 Å². The zero-order valence-corrected chi connectivity index (χ0v) is 20.5. The Bertz CT molecular complexity index is 359. The second kappa shape index (κ2) is 43.6. The molecule has 17 nitrogen and oxygen atoms in total. The molecule has 0 aromatic carbocycles. The van der Waals surface area contributed by atoms with E-state index in [4.69, 9.17) is 30.6 Å². The van der Waals surface area contributed by atoms with Crippen LogP contribution in [0.2, 0.25) is 0 Å². The van der Waals surface area contributed by atoms with E-state index in [1.165, 1.54) is 0 Å². The standard InChI is InChI=1S/3C4H6O4.2Eu.5H2O/c3*5-3(6)1-2-4(7)8;;;;;;;/h3*1-2H2,(H,5,6)(H,7,8);;;5*1H2. The number of carboxylic acids is 6. The van der Waals surface area contributed by atoms with Crippen molar-refractivity contribution in [1.29, 1.82) is 0 Å².